The van der Waals surface area contributed by atoms with Gasteiger partial charge in [0.25, 0.3) is 0 Å². The summed E-state index contributed by atoms with van der Waals surface area (Å²) in [5.41, 5.74) is -1.69. The zero-order valence-corrected chi connectivity index (χ0v) is 32.3. The highest BCUT2D eigenvalue weighted by molar-refractivity contribution is 5.90. The standard InChI is InChI=1S/C40H44O22/c1-14-25(46)29(50)31(52)38(55-14)56-17-10-20(45)24-21(11-17)57-33(16-7-8-18(43)19(44)9-16)35(28(24)49)61-40-36(30(51)26(47)22(12-41)59-40)62-39-32(53)34(27(48)23(13-42)58-39)60-37(54)15-5-3-2-4-6-15/h2-11,14,22-23,25-27,29-32,34,36,38-48,50-53H,12-13H2,1H3. The van der Waals surface area contributed by atoms with Crippen molar-refractivity contribution in [2.45, 2.75) is 99.0 Å². The summed E-state index contributed by atoms with van der Waals surface area (Å²) in [4.78, 5) is 27.4. The number of carbonyl (C=O) groups is 1. The molecule has 3 aliphatic heterocycles. The molecule has 0 bridgehead atoms. The van der Waals surface area contributed by atoms with E-state index in [1.807, 2.05) is 0 Å². The normalized spacial score (nSPS) is 33.8. The molecule has 22 heteroatoms. The van der Waals surface area contributed by atoms with Gasteiger partial charge in [-0.05, 0) is 37.3 Å². The van der Waals surface area contributed by atoms with E-state index in [0.717, 1.165) is 24.3 Å². The molecule has 0 aliphatic carbocycles. The van der Waals surface area contributed by atoms with E-state index in [9.17, 15) is 70.9 Å². The van der Waals surface area contributed by atoms with Crippen LogP contribution < -0.4 is 14.9 Å². The Morgan fingerprint density at radius 1 is 0.645 bits per heavy atom. The van der Waals surface area contributed by atoms with Crippen molar-refractivity contribution < 1.29 is 104 Å². The first-order valence-electron chi connectivity index (χ1n) is 19.1. The van der Waals surface area contributed by atoms with E-state index in [0.29, 0.717) is 0 Å². The van der Waals surface area contributed by atoms with Gasteiger partial charge in [0.15, 0.2) is 35.8 Å². The Kier molecular flexibility index (Phi) is 13.2. The number of esters is 1. The van der Waals surface area contributed by atoms with Crippen LogP contribution in [-0.4, -0.2) is 173 Å². The fourth-order valence-electron chi connectivity index (χ4n) is 7.17. The maximum Gasteiger partial charge on any atom is 0.338 e. The molecule has 15 atom stereocenters. The lowest BCUT2D eigenvalue weighted by atomic mass is 9.97. The molecular weight excluding hydrogens is 832 g/mol. The van der Waals surface area contributed by atoms with Crippen molar-refractivity contribution in [2.75, 3.05) is 13.2 Å². The van der Waals surface area contributed by atoms with E-state index in [4.69, 9.17) is 37.6 Å². The van der Waals surface area contributed by atoms with Crippen molar-refractivity contribution in [3.63, 3.8) is 0 Å². The summed E-state index contributed by atoms with van der Waals surface area (Å²) in [6.45, 7) is -0.433. The summed E-state index contributed by atoms with van der Waals surface area (Å²) in [6, 6.07) is 12.7. The first kappa shape index (κ1) is 44.9. The minimum atomic E-state index is -2.09. The minimum Gasteiger partial charge on any atom is -0.507 e. The highest BCUT2D eigenvalue weighted by atomic mass is 16.8. The maximum atomic E-state index is 14.4. The molecule has 7 rings (SSSR count). The highest BCUT2D eigenvalue weighted by Gasteiger charge is 2.53. The average Bonchev–Trinajstić information content (AvgIpc) is 3.25. The van der Waals surface area contributed by atoms with Gasteiger partial charge in [0, 0.05) is 17.7 Å². The molecule has 3 fully saturated rings. The van der Waals surface area contributed by atoms with Gasteiger partial charge in [0.1, 0.15) is 77.4 Å². The fraction of sp³-hybridized carbons (Fsp3) is 0.450. The smallest absolute Gasteiger partial charge is 0.338 e. The molecule has 0 spiro atoms. The van der Waals surface area contributed by atoms with Gasteiger partial charge in [0.05, 0.1) is 24.9 Å². The average molecular weight is 877 g/mol. The molecule has 0 radical (unpaired) electrons. The highest BCUT2D eigenvalue weighted by Crippen LogP contribution is 2.41. The van der Waals surface area contributed by atoms with E-state index in [-0.39, 0.29) is 16.9 Å². The van der Waals surface area contributed by atoms with Crippen molar-refractivity contribution in [3.8, 4) is 40.1 Å². The van der Waals surface area contributed by atoms with Crippen LogP contribution in [0, 0.1) is 0 Å². The molecule has 336 valence electrons. The van der Waals surface area contributed by atoms with E-state index < -0.39 is 156 Å². The topological polar surface area (TPSA) is 355 Å². The fourth-order valence-corrected chi connectivity index (χ4v) is 7.17. The van der Waals surface area contributed by atoms with Gasteiger partial charge in [-0.2, -0.15) is 0 Å². The van der Waals surface area contributed by atoms with Gasteiger partial charge in [-0.15, -0.1) is 0 Å². The number of aromatic hydroxyl groups is 3. The van der Waals surface area contributed by atoms with E-state index in [1.165, 1.54) is 37.3 Å². The van der Waals surface area contributed by atoms with Crippen LogP contribution in [0.3, 0.4) is 0 Å². The predicted molar refractivity (Wildman–Crippen MR) is 203 cm³/mol. The first-order valence-corrected chi connectivity index (χ1v) is 19.1. The Balaban J connectivity index is 1.26. The van der Waals surface area contributed by atoms with Crippen LogP contribution in [0.1, 0.15) is 17.3 Å². The number of hydrogen-bond donors (Lipinski definition) is 12. The number of phenols is 3. The number of hydrogen-bond acceptors (Lipinski definition) is 22. The molecule has 4 heterocycles. The molecule has 0 saturated carbocycles. The number of aliphatic hydroxyl groups excluding tert-OH is 9. The maximum absolute atomic E-state index is 14.4. The van der Waals surface area contributed by atoms with Gasteiger partial charge in [0.2, 0.25) is 23.8 Å². The second-order valence-corrected chi connectivity index (χ2v) is 14.8. The Morgan fingerprint density at radius 3 is 2.00 bits per heavy atom. The van der Waals surface area contributed by atoms with Crippen LogP contribution in [0.15, 0.2) is 69.9 Å². The summed E-state index contributed by atoms with van der Waals surface area (Å²) in [5, 5.41) is 127. The van der Waals surface area contributed by atoms with Crippen molar-refractivity contribution in [2.24, 2.45) is 0 Å². The first-order chi connectivity index (χ1) is 29.5. The van der Waals surface area contributed by atoms with Gasteiger partial charge >= 0.3 is 5.97 Å². The Labute approximate surface area is 349 Å². The molecule has 3 saturated heterocycles. The minimum absolute atomic E-state index is 0.0353. The van der Waals surface area contributed by atoms with Crippen molar-refractivity contribution in [1.29, 1.82) is 0 Å². The molecule has 3 aliphatic rings. The number of aliphatic hydroxyl groups is 9. The summed E-state index contributed by atoms with van der Waals surface area (Å²) < 4.78 is 45.8. The summed E-state index contributed by atoms with van der Waals surface area (Å²) in [7, 11) is 0. The third-order valence-corrected chi connectivity index (χ3v) is 10.6. The Bertz CT molecular complexity index is 2270. The van der Waals surface area contributed by atoms with Gasteiger partial charge < -0.3 is 98.9 Å². The lowest BCUT2D eigenvalue weighted by Gasteiger charge is -2.46. The SMILES string of the molecule is CC1OC(Oc2cc(O)c3c(=O)c(OC4OC(CO)C(O)C(O)C4OC4OC(CO)C(O)C(OC(=O)c5ccccc5)C4O)c(-c4ccc(O)c(O)c4)oc3c2)C(O)C(O)C1O. The quantitative estimate of drug-likeness (QED) is 0.0554. The third-order valence-electron chi connectivity index (χ3n) is 10.6. The van der Waals surface area contributed by atoms with Gasteiger partial charge in [-0.3, -0.25) is 4.79 Å². The molecule has 1 aromatic heterocycles. The number of ether oxygens (including phenoxy) is 7. The zero-order chi connectivity index (χ0) is 44.7. The Hall–Kier alpha value is -5.18. The molecule has 4 aromatic rings. The van der Waals surface area contributed by atoms with Crippen LogP contribution in [0.5, 0.6) is 28.7 Å². The summed E-state index contributed by atoms with van der Waals surface area (Å²) in [6.07, 6.45) is -26.5. The second kappa shape index (κ2) is 18.3. The van der Waals surface area contributed by atoms with Gasteiger partial charge in [-0.1, -0.05) is 18.2 Å². The number of fused-ring (bicyclic) bond motifs is 1. The van der Waals surface area contributed by atoms with Crippen molar-refractivity contribution in [3.05, 3.63) is 76.5 Å². The Morgan fingerprint density at radius 2 is 1.32 bits per heavy atom. The summed E-state index contributed by atoms with van der Waals surface area (Å²) >= 11 is 0. The number of rotatable bonds is 11. The van der Waals surface area contributed by atoms with E-state index in [2.05, 4.69) is 0 Å². The molecule has 12 N–H and O–H groups in total. The predicted octanol–water partition coefficient (Wildman–Crippen LogP) is -2.35. The lowest BCUT2D eigenvalue weighted by molar-refractivity contribution is -0.357. The third kappa shape index (κ3) is 8.61. The van der Waals surface area contributed by atoms with Crippen LogP contribution in [-0.2, 0) is 23.7 Å². The van der Waals surface area contributed by atoms with Gasteiger partial charge in [-0.25, -0.2) is 4.79 Å². The van der Waals surface area contributed by atoms with Crippen LogP contribution in [0.4, 0.5) is 0 Å². The number of carbonyl (C=O) groups excluding carboxylic acids is 1. The molecule has 0 amide bonds. The second-order valence-electron chi connectivity index (χ2n) is 14.8. The molecule has 22 nitrogen and oxygen atoms in total. The lowest BCUT2D eigenvalue weighted by Crippen LogP contribution is -2.65. The van der Waals surface area contributed by atoms with Crippen LogP contribution in [0.25, 0.3) is 22.3 Å². The van der Waals surface area contributed by atoms with Crippen LogP contribution in [0.2, 0.25) is 0 Å². The van der Waals surface area contributed by atoms with Crippen molar-refractivity contribution in [1.82, 2.24) is 0 Å². The monoisotopic (exact) mass is 876 g/mol. The molecule has 3 aromatic carbocycles. The van der Waals surface area contributed by atoms with E-state index in [1.54, 1.807) is 6.07 Å². The van der Waals surface area contributed by atoms with E-state index >= 15 is 0 Å². The largest absolute Gasteiger partial charge is 0.507 e. The molecule has 62 heavy (non-hydrogen) atoms. The van der Waals surface area contributed by atoms with Crippen LogP contribution >= 0.6 is 0 Å². The molecule has 15 unspecified atom stereocenters. The number of benzene rings is 3. The van der Waals surface area contributed by atoms with Crippen molar-refractivity contribution >= 4 is 16.9 Å². The zero-order valence-electron chi connectivity index (χ0n) is 32.3. The summed E-state index contributed by atoms with van der Waals surface area (Å²) in [5.74, 6) is -4.72. The number of phenolic OH excluding ortho intramolecular Hbond substituents is 3. The molecular formula is C40H44O22.